The Morgan fingerprint density at radius 1 is 1.13 bits per heavy atom. The van der Waals surface area contributed by atoms with Crippen molar-refractivity contribution in [3.05, 3.63) is 78.4 Å². The van der Waals surface area contributed by atoms with Crippen LogP contribution in [0.3, 0.4) is 0 Å². The molecule has 1 amide bonds. The summed E-state index contributed by atoms with van der Waals surface area (Å²) in [6.45, 7) is 13.4. The van der Waals surface area contributed by atoms with Crippen molar-refractivity contribution in [3.63, 3.8) is 0 Å². The van der Waals surface area contributed by atoms with E-state index in [4.69, 9.17) is 4.74 Å². The van der Waals surface area contributed by atoms with Crippen LogP contribution in [0.2, 0.25) is 0 Å². The molecule has 2 aromatic rings. The van der Waals surface area contributed by atoms with Crippen molar-refractivity contribution in [3.8, 4) is 5.75 Å². The number of nitrogens with zero attached hydrogens (tertiary/aromatic N) is 1. The average molecular weight is 532 g/mol. The Balaban J connectivity index is 1.41. The second kappa shape index (κ2) is 13.7. The zero-order valence-corrected chi connectivity index (χ0v) is 24.7. The van der Waals surface area contributed by atoms with E-state index in [9.17, 15) is 4.79 Å². The zero-order chi connectivity index (χ0) is 27.7. The van der Waals surface area contributed by atoms with Crippen molar-refractivity contribution in [2.24, 2.45) is 11.8 Å². The summed E-state index contributed by atoms with van der Waals surface area (Å²) in [5.74, 6) is 2.43. The van der Waals surface area contributed by atoms with Crippen LogP contribution in [0, 0.1) is 11.8 Å². The lowest BCUT2D eigenvalue weighted by molar-refractivity contribution is -0.935. The Bertz CT molecular complexity index is 1070. The van der Waals surface area contributed by atoms with Gasteiger partial charge in [0.1, 0.15) is 5.75 Å². The molecule has 0 radical (unpaired) electrons. The van der Waals surface area contributed by atoms with Gasteiger partial charge in [0.2, 0.25) is 5.91 Å². The smallest absolute Gasteiger partial charge is 0.220 e. The van der Waals surface area contributed by atoms with E-state index in [1.54, 1.807) is 7.11 Å². The highest BCUT2D eigenvalue weighted by Gasteiger charge is 2.53. The van der Waals surface area contributed by atoms with Crippen LogP contribution in [0.25, 0.3) is 0 Å². The number of benzene rings is 2. The van der Waals surface area contributed by atoms with Gasteiger partial charge >= 0.3 is 0 Å². The Morgan fingerprint density at radius 2 is 1.95 bits per heavy atom. The molecule has 2 aromatic carbocycles. The summed E-state index contributed by atoms with van der Waals surface area (Å²) in [5.41, 5.74) is 2.87. The van der Waals surface area contributed by atoms with Gasteiger partial charge in [0, 0.05) is 36.1 Å². The lowest BCUT2D eigenvalue weighted by Gasteiger charge is -2.56. The minimum absolute atomic E-state index is 0.0837. The van der Waals surface area contributed by atoms with Crippen LogP contribution in [0.5, 0.6) is 5.75 Å². The van der Waals surface area contributed by atoms with Crippen molar-refractivity contribution in [2.75, 3.05) is 33.3 Å². The second-order valence-electron chi connectivity index (χ2n) is 12.7. The van der Waals surface area contributed by atoms with Crippen LogP contribution in [0.15, 0.2) is 67.3 Å². The van der Waals surface area contributed by atoms with E-state index in [1.165, 1.54) is 30.8 Å². The van der Waals surface area contributed by atoms with Crippen LogP contribution in [-0.2, 0) is 16.6 Å². The molecular formula is C35H51N2O2+. The fraction of sp³-hybridized carbons (Fsp3) is 0.571. The number of nitrogens with one attached hydrogen (secondary N) is 1. The Labute approximate surface area is 237 Å². The number of piperidine rings is 1. The standard InChI is InChI=1S/C35H50N2O2/c1-5-22-37(26-28(2)3)23-21-35(30-16-12-17-33(24-30)39-4)25-32(20-19-31(35)27-37)36-34(38)18-11-7-10-15-29-13-8-6-9-14-29/h5-6,8-9,12-14,16-17,24,28,31-32H,1,7,10-11,15,18-23,25-27H2,2-4H3/p+1/t31?,32-,35+,37-/m0/s1. The Kier molecular flexibility index (Phi) is 10.3. The molecular weight excluding hydrogens is 480 g/mol. The van der Waals surface area contributed by atoms with E-state index < -0.39 is 0 Å². The maximum Gasteiger partial charge on any atom is 0.220 e. The highest BCUT2D eigenvalue weighted by Crippen LogP contribution is 2.51. The van der Waals surface area contributed by atoms with Gasteiger partial charge in [-0.05, 0) is 67.9 Å². The zero-order valence-electron chi connectivity index (χ0n) is 24.7. The second-order valence-corrected chi connectivity index (χ2v) is 12.7. The molecule has 1 unspecified atom stereocenters. The number of methoxy groups -OCH3 is 1. The van der Waals surface area contributed by atoms with Crippen LogP contribution in [-0.4, -0.2) is 49.7 Å². The molecule has 0 spiro atoms. The molecule has 2 fully saturated rings. The molecule has 2 aliphatic rings. The van der Waals surface area contributed by atoms with E-state index in [1.807, 2.05) is 0 Å². The van der Waals surface area contributed by atoms with E-state index in [2.05, 4.69) is 86.4 Å². The molecule has 4 atom stereocenters. The molecule has 4 nitrogen and oxygen atoms in total. The highest BCUT2D eigenvalue weighted by atomic mass is 16.5. The van der Waals surface area contributed by atoms with Gasteiger partial charge in [0.25, 0.3) is 0 Å². The Hall–Kier alpha value is -2.59. The number of carbonyl (C=O) groups is 1. The molecule has 4 rings (SSSR count). The molecule has 1 heterocycles. The third-order valence-electron chi connectivity index (χ3n) is 9.39. The lowest BCUT2D eigenvalue weighted by Crippen LogP contribution is -2.64. The van der Waals surface area contributed by atoms with Gasteiger partial charge in [0.15, 0.2) is 0 Å². The van der Waals surface area contributed by atoms with Crippen LogP contribution in [0.4, 0.5) is 0 Å². The van der Waals surface area contributed by atoms with Gasteiger partial charge < -0.3 is 14.5 Å². The van der Waals surface area contributed by atoms with Gasteiger partial charge in [-0.3, -0.25) is 4.79 Å². The quantitative estimate of drug-likeness (QED) is 0.170. The molecule has 39 heavy (non-hydrogen) atoms. The van der Waals surface area contributed by atoms with Gasteiger partial charge in [0.05, 0.1) is 33.3 Å². The minimum atomic E-state index is 0.0837. The highest BCUT2D eigenvalue weighted by molar-refractivity contribution is 5.76. The minimum Gasteiger partial charge on any atom is -0.497 e. The summed E-state index contributed by atoms with van der Waals surface area (Å²) in [6.07, 6.45) is 11.5. The van der Waals surface area contributed by atoms with Crippen LogP contribution < -0.4 is 10.1 Å². The molecule has 1 saturated carbocycles. The summed E-state index contributed by atoms with van der Waals surface area (Å²) in [6, 6.07) is 19.7. The number of ether oxygens (including phenoxy) is 1. The van der Waals surface area contributed by atoms with Gasteiger partial charge in [-0.2, -0.15) is 0 Å². The molecule has 0 bridgehead atoms. The number of fused-ring (bicyclic) bond motifs is 1. The number of quaternary nitrogens is 1. The molecule has 1 aliphatic heterocycles. The van der Waals surface area contributed by atoms with Crippen molar-refractivity contribution in [2.45, 2.75) is 83.1 Å². The number of carbonyl (C=O) groups excluding carboxylic acids is 1. The SMILES string of the molecule is C=CC[N@@+]1(CC(C)C)CC[C@]2(c3cccc(OC)c3)C[C@@H](NC(=O)CCCCCc3ccccc3)CCC2C1. The third-order valence-corrected chi connectivity index (χ3v) is 9.39. The monoisotopic (exact) mass is 531 g/mol. The fourth-order valence-corrected chi connectivity index (χ4v) is 7.70. The van der Waals surface area contributed by atoms with Crippen molar-refractivity contribution >= 4 is 5.91 Å². The van der Waals surface area contributed by atoms with Crippen LogP contribution in [0.1, 0.15) is 76.3 Å². The number of hydrogen-bond donors (Lipinski definition) is 1. The van der Waals surface area contributed by atoms with Crippen molar-refractivity contribution in [1.29, 1.82) is 0 Å². The van der Waals surface area contributed by atoms with E-state index in [-0.39, 0.29) is 17.4 Å². The summed E-state index contributed by atoms with van der Waals surface area (Å²) < 4.78 is 6.80. The number of unbranched alkanes of at least 4 members (excludes halogenated alkanes) is 2. The van der Waals surface area contributed by atoms with E-state index in [0.29, 0.717) is 18.3 Å². The van der Waals surface area contributed by atoms with Crippen molar-refractivity contribution in [1.82, 2.24) is 5.32 Å². The maximum absolute atomic E-state index is 13.0. The van der Waals surface area contributed by atoms with Gasteiger partial charge in [-0.25, -0.2) is 0 Å². The largest absolute Gasteiger partial charge is 0.497 e. The van der Waals surface area contributed by atoms with E-state index in [0.717, 1.165) is 68.1 Å². The molecule has 0 aromatic heterocycles. The van der Waals surface area contributed by atoms with Gasteiger partial charge in [-0.15, -0.1) is 0 Å². The number of hydrogen-bond acceptors (Lipinski definition) is 2. The van der Waals surface area contributed by atoms with Crippen LogP contribution >= 0.6 is 0 Å². The average Bonchev–Trinajstić information content (AvgIpc) is 2.93. The predicted molar refractivity (Wildman–Crippen MR) is 162 cm³/mol. The number of amides is 1. The summed E-state index contributed by atoms with van der Waals surface area (Å²) >= 11 is 0. The molecule has 4 heteroatoms. The lowest BCUT2D eigenvalue weighted by atomic mass is 9.57. The first kappa shape index (κ1) is 29.4. The summed E-state index contributed by atoms with van der Waals surface area (Å²) in [7, 11) is 1.76. The molecule has 212 valence electrons. The third kappa shape index (κ3) is 7.54. The topological polar surface area (TPSA) is 38.3 Å². The van der Waals surface area contributed by atoms with Gasteiger partial charge in [-0.1, -0.05) is 69.3 Å². The fourth-order valence-electron chi connectivity index (χ4n) is 7.70. The molecule has 1 saturated heterocycles. The number of likely N-dealkylation sites (tertiary alicyclic amines) is 1. The number of rotatable bonds is 13. The van der Waals surface area contributed by atoms with Crippen molar-refractivity contribution < 1.29 is 14.0 Å². The first-order valence-corrected chi connectivity index (χ1v) is 15.3. The normalized spacial score (nSPS) is 26.6. The number of aryl methyl sites for hydroxylation is 1. The summed E-state index contributed by atoms with van der Waals surface area (Å²) in [4.78, 5) is 13.0. The maximum atomic E-state index is 13.0. The Morgan fingerprint density at radius 3 is 2.69 bits per heavy atom. The first-order chi connectivity index (χ1) is 18.9. The van der Waals surface area contributed by atoms with E-state index >= 15 is 0 Å². The summed E-state index contributed by atoms with van der Waals surface area (Å²) in [5, 5.41) is 3.47. The molecule has 1 aliphatic carbocycles. The predicted octanol–water partition coefficient (Wildman–Crippen LogP) is 7.08. The first-order valence-electron chi connectivity index (χ1n) is 15.3. The molecule has 1 N–H and O–H groups in total.